The smallest absolute Gasteiger partial charge is 0.394 e. The van der Waals surface area contributed by atoms with Crippen molar-refractivity contribution in [3.8, 4) is 16.9 Å². The van der Waals surface area contributed by atoms with Gasteiger partial charge < -0.3 is 20.4 Å². The molecule has 1 saturated carbocycles. The Morgan fingerprint density at radius 2 is 1.74 bits per heavy atom. The second-order valence-electron chi connectivity index (χ2n) is 9.82. The fourth-order valence-corrected chi connectivity index (χ4v) is 4.61. The number of para-hydroxylation sites is 1. The van der Waals surface area contributed by atoms with Crippen molar-refractivity contribution in [1.82, 2.24) is 14.5 Å². The van der Waals surface area contributed by atoms with Crippen LogP contribution in [0, 0.1) is 18.6 Å². The van der Waals surface area contributed by atoms with Crippen LogP contribution in [-0.4, -0.2) is 62.1 Å². The quantitative estimate of drug-likeness (QED) is 0.267. The van der Waals surface area contributed by atoms with Crippen LogP contribution in [0.15, 0.2) is 53.3 Å². The number of fused-ring (bicyclic) bond motifs is 1. The van der Waals surface area contributed by atoms with E-state index in [9.17, 15) is 41.8 Å². The Kier molecular flexibility index (Phi) is 7.68. The monoisotopic (exact) mass is 589 g/mol. The molecule has 1 aliphatic carbocycles. The van der Waals surface area contributed by atoms with Gasteiger partial charge in [0.2, 0.25) is 5.95 Å². The van der Waals surface area contributed by atoms with Crippen LogP contribution in [0.25, 0.3) is 28.0 Å². The third-order valence-electron chi connectivity index (χ3n) is 6.81. The van der Waals surface area contributed by atoms with Gasteiger partial charge in [0.1, 0.15) is 17.3 Å². The molecule has 1 aliphatic rings. The van der Waals surface area contributed by atoms with E-state index in [0.29, 0.717) is 27.9 Å². The second kappa shape index (κ2) is 11.1. The molecule has 0 unspecified atom stereocenters. The molecule has 42 heavy (non-hydrogen) atoms. The zero-order valence-corrected chi connectivity index (χ0v) is 22.0. The van der Waals surface area contributed by atoms with Gasteiger partial charge in [0.25, 0.3) is 5.56 Å². The number of nitrogens with one attached hydrogen (secondary N) is 1. The van der Waals surface area contributed by atoms with Crippen molar-refractivity contribution in [2.24, 2.45) is 0 Å². The molecule has 220 valence electrons. The molecule has 0 spiro atoms. The van der Waals surface area contributed by atoms with Crippen LogP contribution in [0.1, 0.15) is 18.4 Å². The highest BCUT2D eigenvalue weighted by Gasteiger charge is 2.48. The number of benzene rings is 2. The van der Waals surface area contributed by atoms with Crippen LogP contribution in [-0.2, 0) is 4.79 Å². The second-order valence-corrected chi connectivity index (χ2v) is 9.82. The molecule has 0 radical (unpaired) electrons. The summed E-state index contributed by atoms with van der Waals surface area (Å²) in [6.45, 7) is 0.534. The number of rotatable bonds is 8. The summed E-state index contributed by atoms with van der Waals surface area (Å²) in [5.41, 5.74) is -1.06. The fraction of sp³-hybridized carbons (Fsp3) is 0.286. The Balaban J connectivity index is 1.80. The molecule has 2 heterocycles. The number of alkyl halides is 3. The lowest BCUT2D eigenvalue weighted by atomic mass is 10.0. The number of aromatic nitrogens is 3. The number of pyridine rings is 1. The highest BCUT2D eigenvalue weighted by Crippen LogP contribution is 2.39. The lowest BCUT2D eigenvalue weighted by Gasteiger charge is -2.25. The Morgan fingerprint density at radius 3 is 2.33 bits per heavy atom. The summed E-state index contributed by atoms with van der Waals surface area (Å²) in [4.78, 5) is 34.8. The largest absolute Gasteiger partial charge is 0.471 e. The molecule has 2 aromatic heterocycles. The number of halogens is 5. The zero-order chi connectivity index (χ0) is 30.3. The highest BCUT2D eigenvalue weighted by molar-refractivity contribution is 6.00. The molecule has 3 N–H and O–H groups in total. The number of aliphatic hydroxyl groups excluding tert-OH is 2. The maximum Gasteiger partial charge on any atom is 0.471 e. The minimum absolute atomic E-state index is 0.0428. The molecule has 1 fully saturated rings. The third-order valence-corrected chi connectivity index (χ3v) is 6.81. The van der Waals surface area contributed by atoms with E-state index in [1.165, 1.54) is 24.3 Å². The predicted octanol–water partition coefficient (Wildman–Crippen LogP) is 3.86. The number of aliphatic hydroxyl groups is 2. The van der Waals surface area contributed by atoms with Gasteiger partial charge in [0, 0.05) is 28.7 Å². The van der Waals surface area contributed by atoms with Crippen LogP contribution in [0.5, 0.6) is 0 Å². The molecule has 0 atom stereocenters. The van der Waals surface area contributed by atoms with Crippen molar-refractivity contribution >= 4 is 28.6 Å². The van der Waals surface area contributed by atoms with Gasteiger partial charge in [0.15, 0.2) is 5.65 Å². The number of carbonyl (C=O) groups excluding carboxylic acids is 1. The lowest BCUT2D eigenvalue weighted by Crippen LogP contribution is -2.42. The molecule has 2 aromatic carbocycles. The number of amides is 1. The van der Waals surface area contributed by atoms with Gasteiger partial charge in [-0.2, -0.15) is 18.2 Å². The van der Waals surface area contributed by atoms with Gasteiger partial charge in [-0.3, -0.25) is 14.2 Å². The van der Waals surface area contributed by atoms with E-state index in [2.05, 4.69) is 15.3 Å². The number of carbonyl (C=O) groups is 1. The predicted molar refractivity (Wildman–Crippen MR) is 143 cm³/mol. The molecule has 4 aromatic rings. The molecular weight excluding hydrogens is 565 g/mol. The van der Waals surface area contributed by atoms with E-state index in [-0.39, 0.29) is 33.9 Å². The lowest BCUT2D eigenvalue weighted by molar-refractivity contribution is -0.170. The Morgan fingerprint density at radius 1 is 1.07 bits per heavy atom. The van der Waals surface area contributed by atoms with Crippen molar-refractivity contribution in [3.05, 3.63) is 76.1 Å². The first-order valence-electron chi connectivity index (χ1n) is 12.8. The summed E-state index contributed by atoms with van der Waals surface area (Å²) < 4.78 is 70.9. The van der Waals surface area contributed by atoms with Gasteiger partial charge in [-0.1, -0.05) is 12.1 Å². The summed E-state index contributed by atoms with van der Waals surface area (Å²) >= 11 is 0. The van der Waals surface area contributed by atoms with Crippen molar-refractivity contribution in [2.45, 2.75) is 38.0 Å². The summed E-state index contributed by atoms with van der Waals surface area (Å²) in [7, 11) is 0. The number of nitrogens with zero attached hydrogens (tertiary/aromatic N) is 4. The normalized spacial score (nSPS) is 13.5. The number of anilines is 2. The van der Waals surface area contributed by atoms with Gasteiger partial charge in [-0.15, -0.1) is 0 Å². The number of hydrogen-bond acceptors (Lipinski definition) is 7. The summed E-state index contributed by atoms with van der Waals surface area (Å²) in [6, 6.07) is 8.00. The Bertz CT molecular complexity index is 1710. The molecular formula is C28H24F5N5O4. The SMILES string of the molecule is Cc1ccc(N(C(=O)C(F)(F)F)C2CC2)cc1-c1nc(NC(CO)CO)nc2c1ccc(=O)n2-c1c(F)cccc1F. The molecule has 0 bridgehead atoms. The van der Waals surface area contributed by atoms with Gasteiger partial charge in [0.05, 0.1) is 24.9 Å². The molecule has 9 nitrogen and oxygen atoms in total. The minimum atomic E-state index is -5.12. The van der Waals surface area contributed by atoms with E-state index in [4.69, 9.17) is 0 Å². The number of aryl methyl sites for hydroxylation is 1. The standard InChI is InChI=1S/C28H24F5N5O4/c1-14-5-6-17(37(16-7-8-16)26(42)28(31,32)33)11-19(14)23-18-9-10-22(41)38(24-20(29)3-2-4-21(24)30)25(18)36-27(35-23)34-15(12-39)13-40/h2-6,9-11,15-16,39-40H,7-8,12-13H2,1H3,(H,34,35,36). The molecule has 1 amide bonds. The first kappa shape index (κ1) is 29.1. The summed E-state index contributed by atoms with van der Waals surface area (Å²) in [5, 5.41) is 22.0. The van der Waals surface area contributed by atoms with E-state index in [0.717, 1.165) is 24.3 Å². The minimum Gasteiger partial charge on any atom is -0.394 e. The highest BCUT2D eigenvalue weighted by atomic mass is 19.4. The van der Waals surface area contributed by atoms with Crippen molar-refractivity contribution in [3.63, 3.8) is 0 Å². The van der Waals surface area contributed by atoms with Crippen LogP contribution in [0.2, 0.25) is 0 Å². The first-order valence-corrected chi connectivity index (χ1v) is 12.8. The van der Waals surface area contributed by atoms with Crippen LogP contribution >= 0.6 is 0 Å². The van der Waals surface area contributed by atoms with E-state index >= 15 is 0 Å². The molecule has 0 aliphatic heterocycles. The van der Waals surface area contributed by atoms with Crippen molar-refractivity contribution < 1.29 is 37.0 Å². The topological polar surface area (TPSA) is 121 Å². The third kappa shape index (κ3) is 5.42. The Labute approximate surface area is 234 Å². The molecule has 5 rings (SSSR count). The van der Waals surface area contributed by atoms with Gasteiger partial charge in [-0.25, -0.2) is 13.8 Å². The van der Waals surface area contributed by atoms with Crippen LogP contribution in [0.3, 0.4) is 0 Å². The fourth-order valence-electron chi connectivity index (χ4n) is 4.61. The van der Waals surface area contributed by atoms with E-state index in [1.807, 2.05) is 0 Å². The molecule has 14 heteroatoms. The number of hydrogen-bond donors (Lipinski definition) is 3. The van der Waals surface area contributed by atoms with E-state index < -0.39 is 60.3 Å². The Hall–Kier alpha value is -4.43. The maximum absolute atomic E-state index is 14.9. The van der Waals surface area contributed by atoms with Gasteiger partial charge in [-0.05, 0) is 55.7 Å². The zero-order valence-electron chi connectivity index (χ0n) is 22.0. The van der Waals surface area contributed by atoms with E-state index in [1.54, 1.807) is 6.92 Å². The average molecular weight is 590 g/mol. The molecule has 0 saturated heterocycles. The summed E-state index contributed by atoms with van der Waals surface area (Å²) in [6.07, 6.45) is -4.34. The van der Waals surface area contributed by atoms with Crippen molar-refractivity contribution in [1.29, 1.82) is 0 Å². The van der Waals surface area contributed by atoms with Crippen molar-refractivity contribution in [2.75, 3.05) is 23.4 Å². The summed E-state index contributed by atoms with van der Waals surface area (Å²) in [5.74, 6) is -4.40. The maximum atomic E-state index is 14.9. The van der Waals surface area contributed by atoms with Gasteiger partial charge >= 0.3 is 12.1 Å². The van der Waals surface area contributed by atoms with Crippen LogP contribution < -0.4 is 15.8 Å². The van der Waals surface area contributed by atoms with Crippen LogP contribution in [0.4, 0.5) is 33.6 Å². The first-order chi connectivity index (χ1) is 19.9. The average Bonchev–Trinajstić information content (AvgIpc) is 3.78.